The molecule has 20 heavy (non-hydrogen) atoms. The highest BCUT2D eigenvalue weighted by Gasteiger charge is 2.10. The molecule has 2 aromatic rings. The number of aromatic nitrogens is 1. The van der Waals surface area contributed by atoms with E-state index in [1.165, 1.54) is 24.5 Å². The Morgan fingerprint density at radius 1 is 1.40 bits per heavy atom. The van der Waals surface area contributed by atoms with Crippen molar-refractivity contribution in [2.75, 3.05) is 26.1 Å². The molecule has 108 valence electrons. The maximum Gasteiger partial charge on any atom is 0.183 e. The van der Waals surface area contributed by atoms with Crippen molar-refractivity contribution in [3.8, 4) is 17.0 Å². The van der Waals surface area contributed by atoms with E-state index in [2.05, 4.69) is 10.3 Å². The number of benzene rings is 1. The molecule has 0 aliphatic carbocycles. The van der Waals surface area contributed by atoms with Gasteiger partial charge in [0.1, 0.15) is 0 Å². The highest BCUT2D eigenvalue weighted by atomic mass is 32.1. The zero-order valence-corrected chi connectivity index (χ0v) is 12.5. The molecule has 1 atom stereocenters. The molecular weight excluding hydrogens is 279 g/mol. The van der Waals surface area contributed by atoms with Gasteiger partial charge in [-0.05, 0) is 25.1 Å². The second kappa shape index (κ2) is 6.67. The number of nitrogens with zero attached hydrogens (tertiary/aromatic N) is 1. The van der Waals surface area contributed by atoms with Crippen molar-refractivity contribution in [3.63, 3.8) is 0 Å². The lowest BCUT2D eigenvalue weighted by molar-refractivity contribution is 0.190. The molecule has 0 unspecified atom stereocenters. The van der Waals surface area contributed by atoms with E-state index >= 15 is 0 Å². The predicted molar refractivity (Wildman–Crippen MR) is 79.0 cm³/mol. The lowest BCUT2D eigenvalue weighted by Gasteiger charge is -2.10. The van der Waals surface area contributed by atoms with Crippen molar-refractivity contribution in [2.45, 2.75) is 13.0 Å². The predicted octanol–water partition coefficient (Wildman–Crippen LogP) is 3.40. The Balaban J connectivity index is 2.14. The largest absolute Gasteiger partial charge is 0.494 e. The zero-order valence-electron chi connectivity index (χ0n) is 11.6. The van der Waals surface area contributed by atoms with Crippen molar-refractivity contribution in [1.82, 2.24) is 4.98 Å². The fraction of sp³-hybridized carbons (Fsp3) is 0.357. The molecule has 0 amide bonds. The lowest BCUT2D eigenvalue weighted by Crippen LogP contribution is -2.20. The smallest absolute Gasteiger partial charge is 0.183 e. The third-order valence-electron chi connectivity index (χ3n) is 2.74. The Morgan fingerprint density at radius 3 is 2.85 bits per heavy atom. The number of methoxy groups -OCH3 is 2. The van der Waals surface area contributed by atoms with Crippen LogP contribution in [0.25, 0.3) is 11.3 Å². The van der Waals surface area contributed by atoms with Gasteiger partial charge in [0.2, 0.25) is 0 Å². The number of thiazole rings is 1. The van der Waals surface area contributed by atoms with E-state index < -0.39 is 0 Å². The summed E-state index contributed by atoms with van der Waals surface area (Å²) in [6, 6.07) is 4.99. The lowest BCUT2D eigenvalue weighted by atomic mass is 10.1. The monoisotopic (exact) mass is 296 g/mol. The van der Waals surface area contributed by atoms with E-state index in [4.69, 9.17) is 9.47 Å². The van der Waals surface area contributed by atoms with Crippen molar-refractivity contribution < 1.29 is 13.9 Å². The number of hydrogen-bond donors (Lipinski definition) is 1. The summed E-state index contributed by atoms with van der Waals surface area (Å²) < 4.78 is 23.6. The number of rotatable bonds is 6. The summed E-state index contributed by atoms with van der Waals surface area (Å²) in [4.78, 5) is 4.44. The van der Waals surface area contributed by atoms with Gasteiger partial charge >= 0.3 is 0 Å². The maximum absolute atomic E-state index is 13.7. The average molecular weight is 296 g/mol. The van der Waals surface area contributed by atoms with Crippen LogP contribution < -0.4 is 10.1 Å². The second-order valence-electron chi connectivity index (χ2n) is 4.39. The molecule has 0 saturated carbocycles. The number of hydrogen-bond acceptors (Lipinski definition) is 5. The van der Waals surface area contributed by atoms with Crippen LogP contribution in [0.15, 0.2) is 23.6 Å². The summed E-state index contributed by atoms with van der Waals surface area (Å²) in [6.07, 6.45) is 0. The van der Waals surface area contributed by atoms with Crippen LogP contribution in [0.4, 0.5) is 9.52 Å². The molecule has 4 nitrogen and oxygen atoms in total. The molecule has 2 rings (SSSR count). The molecule has 1 N–H and O–H groups in total. The van der Waals surface area contributed by atoms with Gasteiger partial charge in [-0.25, -0.2) is 9.37 Å². The molecular formula is C14H17FN2O2S. The van der Waals surface area contributed by atoms with Crippen LogP contribution in [0.3, 0.4) is 0 Å². The molecule has 0 bridgehead atoms. The minimum absolute atomic E-state index is 0.173. The molecule has 0 saturated heterocycles. The Morgan fingerprint density at radius 2 is 2.20 bits per heavy atom. The van der Waals surface area contributed by atoms with Crippen molar-refractivity contribution in [1.29, 1.82) is 0 Å². The Hall–Kier alpha value is -1.66. The fourth-order valence-electron chi connectivity index (χ4n) is 1.80. The topological polar surface area (TPSA) is 43.4 Å². The first-order valence-electron chi connectivity index (χ1n) is 6.19. The van der Waals surface area contributed by atoms with Gasteiger partial charge in [0.15, 0.2) is 16.7 Å². The van der Waals surface area contributed by atoms with Gasteiger partial charge in [-0.15, -0.1) is 11.3 Å². The molecule has 1 heterocycles. The summed E-state index contributed by atoms with van der Waals surface area (Å²) in [5.41, 5.74) is 1.47. The molecule has 0 aliphatic heterocycles. The van der Waals surface area contributed by atoms with Crippen LogP contribution in [0.5, 0.6) is 5.75 Å². The van der Waals surface area contributed by atoms with Crippen molar-refractivity contribution in [2.24, 2.45) is 0 Å². The summed E-state index contributed by atoms with van der Waals surface area (Å²) in [5.74, 6) is -0.156. The van der Waals surface area contributed by atoms with Gasteiger partial charge in [-0.3, -0.25) is 0 Å². The van der Waals surface area contributed by atoms with Crippen LogP contribution in [0.2, 0.25) is 0 Å². The van der Waals surface area contributed by atoms with Gasteiger partial charge in [-0.1, -0.05) is 0 Å². The quantitative estimate of drug-likeness (QED) is 0.887. The summed E-state index contributed by atoms with van der Waals surface area (Å²) >= 11 is 1.48. The number of halogens is 1. The van der Waals surface area contributed by atoms with E-state index in [1.54, 1.807) is 19.2 Å². The van der Waals surface area contributed by atoms with E-state index in [-0.39, 0.29) is 17.6 Å². The summed E-state index contributed by atoms with van der Waals surface area (Å²) in [5, 5.41) is 5.92. The molecule has 1 aromatic carbocycles. The Labute approximate surface area is 121 Å². The first-order chi connectivity index (χ1) is 9.63. The van der Waals surface area contributed by atoms with E-state index in [1.807, 2.05) is 12.3 Å². The summed E-state index contributed by atoms with van der Waals surface area (Å²) in [6.45, 7) is 2.61. The van der Waals surface area contributed by atoms with Gasteiger partial charge < -0.3 is 14.8 Å². The normalized spacial score (nSPS) is 12.2. The third-order valence-corrected chi connectivity index (χ3v) is 3.51. The third kappa shape index (κ3) is 3.46. The van der Waals surface area contributed by atoms with Crippen LogP contribution in [0.1, 0.15) is 6.92 Å². The van der Waals surface area contributed by atoms with E-state index in [0.717, 1.165) is 16.4 Å². The summed E-state index contributed by atoms with van der Waals surface area (Å²) in [7, 11) is 3.10. The highest BCUT2D eigenvalue weighted by Crippen LogP contribution is 2.28. The minimum Gasteiger partial charge on any atom is -0.494 e. The standard InChI is InChI=1S/C14H17FN2O2S/c1-9(7-18-2)16-14-17-12(8-20-14)10-4-5-13(19-3)11(15)6-10/h4-6,8-9H,7H2,1-3H3,(H,16,17)/t9-/m1/s1. The first-order valence-corrected chi connectivity index (χ1v) is 7.07. The van der Waals surface area contributed by atoms with Crippen LogP contribution in [-0.4, -0.2) is 31.9 Å². The molecule has 6 heteroatoms. The van der Waals surface area contributed by atoms with E-state index in [9.17, 15) is 4.39 Å². The van der Waals surface area contributed by atoms with Gasteiger partial charge in [0, 0.05) is 24.1 Å². The van der Waals surface area contributed by atoms with Crippen LogP contribution in [0, 0.1) is 5.82 Å². The minimum atomic E-state index is -0.389. The molecule has 0 fully saturated rings. The van der Waals surface area contributed by atoms with Crippen molar-refractivity contribution in [3.05, 3.63) is 29.4 Å². The van der Waals surface area contributed by atoms with Crippen LogP contribution >= 0.6 is 11.3 Å². The number of ether oxygens (including phenoxy) is 2. The van der Waals surface area contributed by atoms with Gasteiger partial charge in [0.25, 0.3) is 0 Å². The zero-order chi connectivity index (χ0) is 14.5. The second-order valence-corrected chi connectivity index (χ2v) is 5.25. The fourth-order valence-corrected chi connectivity index (χ4v) is 2.63. The van der Waals surface area contributed by atoms with Crippen LogP contribution in [-0.2, 0) is 4.74 Å². The highest BCUT2D eigenvalue weighted by molar-refractivity contribution is 7.14. The first kappa shape index (κ1) is 14.7. The maximum atomic E-state index is 13.7. The molecule has 0 aliphatic rings. The Bertz CT molecular complexity index is 574. The van der Waals surface area contributed by atoms with Gasteiger partial charge in [0.05, 0.1) is 19.4 Å². The molecule has 1 aromatic heterocycles. The number of nitrogens with one attached hydrogen (secondary N) is 1. The Kier molecular flexibility index (Phi) is 4.92. The SMILES string of the molecule is COC[C@@H](C)Nc1nc(-c2ccc(OC)c(F)c2)cs1. The number of anilines is 1. The molecule has 0 spiro atoms. The average Bonchev–Trinajstić information content (AvgIpc) is 2.87. The van der Waals surface area contributed by atoms with Crippen molar-refractivity contribution >= 4 is 16.5 Å². The molecule has 0 radical (unpaired) electrons. The van der Waals surface area contributed by atoms with Gasteiger partial charge in [-0.2, -0.15) is 0 Å². The van der Waals surface area contributed by atoms with E-state index in [0.29, 0.717) is 6.61 Å².